The Kier molecular flexibility index (Phi) is 2.82. The molecule has 2 aromatic heterocycles. The van der Waals surface area contributed by atoms with Gasteiger partial charge in [0.2, 0.25) is 0 Å². The highest BCUT2D eigenvalue weighted by atomic mass is 79.9. The number of rotatable bonds is 2. The van der Waals surface area contributed by atoms with E-state index < -0.39 is 0 Å². The predicted molar refractivity (Wildman–Crippen MR) is 58.6 cm³/mol. The third-order valence-electron chi connectivity index (χ3n) is 1.77. The number of hydrogen-bond donors (Lipinski definition) is 1. The summed E-state index contributed by atoms with van der Waals surface area (Å²) < 4.78 is 5.53. The number of nitrogens with one attached hydrogen (secondary N) is 1. The maximum Gasteiger partial charge on any atom is 0.258 e. The van der Waals surface area contributed by atoms with Gasteiger partial charge in [0.15, 0.2) is 0 Å². The van der Waals surface area contributed by atoms with Crippen molar-refractivity contribution in [3.05, 3.63) is 47.1 Å². The number of amides is 1. The molecular weight excluding hydrogens is 260 g/mol. The normalized spacial score (nSPS) is 9.93. The van der Waals surface area contributed by atoms with Crippen molar-refractivity contribution in [1.29, 1.82) is 0 Å². The summed E-state index contributed by atoms with van der Waals surface area (Å²) in [6.45, 7) is 0. The van der Waals surface area contributed by atoms with E-state index in [2.05, 4.69) is 26.2 Å². The molecule has 0 aromatic carbocycles. The molecule has 76 valence electrons. The Labute approximate surface area is 94.4 Å². The molecule has 1 N–H and O–H groups in total. The van der Waals surface area contributed by atoms with E-state index in [0.717, 1.165) is 4.60 Å². The molecule has 0 fully saturated rings. The minimum absolute atomic E-state index is 0.215. The van der Waals surface area contributed by atoms with E-state index in [1.165, 1.54) is 12.5 Å². The Bertz CT molecular complexity index is 451. The Balaban J connectivity index is 2.09. The summed E-state index contributed by atoms with van der Waals surface area (Å²) in [6.07, 6.45) is 4.42. The van der Waals surface area contributed by atoms with Crippen LogP contribution in [-0.2, 0) is 0 Å². The molecule has 5 heteroatoms. The third-order valence-corrected chi connectivity index (χ3v) is 2.24. The van der Waals surface area contributed by atoms with E-state index in [-0.39, 0.29) is 5.91 Å². The van der Waals surface area contributed by atoms with Crippen LogP contribution in [0.2, 0.25) is 0 Å². The van der Waals surface area contributed by atoms with Crippen molar-refractivity contribution >= 4 is 27.5 Å². The van der Waals surface area contributed by atoms with Gasteiger partial charge in [-0.1, -0.05) is 0 Å². The number of pyridine rings is 1. The van der Waals surface area contributed by atoms with Crippen molar-refractivity contribution in [2.24, 2.45) is 0 Å². The second kappa shape index (κ2) is 4.27. The molecule has 0 spiro atoms. The molecule has 0 atom stereocenters. The maximum absolute atomic E-state index is 11.5. The first-order chi connectivity index (χ1) is 7.25. The van der Waals surface area contributed by atoms with Crippen LogP contribution in [0.25, 0.3) is 0 Å². The van der Waals surface area contributed by atoms with Gasteiger partial charge in [-0.3, -0.25) is 4.79 Å². The van der Waals surface area contributed by atoms with Crippen LogP contribution < -0.4 is 5.32 Å². The average Bonchev–Trinajstić information content (AvgIpc) is 2.74. The largest absolute Gasteiger partial charge is 0.472 e. The predicted octanol–water partition coefficient (Wildman–Crippen LogP) is 2.69. The van der Waals surface area contributed by atoms with Crippen molar-refractivity contribution in [3.63, 3.8) is 0 Å². The number of furan rings is 1. The highest BCUT2D eigenvalue weighted by Gasteiger charge is 2.06. The van der Waals surface area contributed by atoms with Crippen LogP contribution in [0.4, 0.5) is 5.69 Å². The number of halogens is 1. The quantitative estimate of drug-likeness (QED) is 0.851. The molecule has 0 radical (unpaired) electrons. The average molecular weight is 267 g/mol. The second-order valence-electron chi connectivity index (χ2n) is 2.84. The fourth-order valence-corrected chi connectivity index (χ4v) is 1.28. The lowest BCUT2D eigenvalue weighted by molar-refractivity contribution is 0.102. The zero-order valence-corrected chi connectivity index (χ0v) is 9.19. The van der Waals surface area contributed by atoms with Gasteiger partial charge in [0.05, 0.1) is 23.7 Å². The number of aromatic nitrogens is 1. The molecule has 2 rings (SSSR count). The van der Waals surface area contributed by atoms with E-state index >= 15 is 0 Å². The highest BCUT2D eigenvalue weighted by Crippen LogP contribution is 2.11. The Morgan fingerprint density at radius 2 is 2.27 bits per heavy atom. The Morgan fingerprint density at radius 3 is 2.87 bits per heavy atom. The standard InChI is InChI=1S/C10H7BrN2O2/c11-9-2-1-8(5-12-9)13-10(14)7-3-4-15-6-7/h1-6H,(H,13,14). The molecule has 0 aliphatic carbocycles. The van der Waals surface area contributed by atoms with Crippen LogP contribution in [0.3, 0.4) is 0 Å². The summed E-state index contributed by atoms with van der Waals surface area (Å²) in [5, 5.41) is 2.69. The first-order valence-corrected chi connectivity index (χ1v) is 5.00. The van der Waals surface area contributed by atoms with Gasteiger partial charge in [0.1, 0.15) is 10.9 Å². The molecule has 0 aliphatic heterocycles. The van der Waals surface area contributed by atoms with Gasteiger partial charge in [-0.2, -0.15) is 0 Å². The fraction of sp³-hybridized carbons (Fsp3) is 0. The number of carbonyl (C=O) groups excluding carboxylic acids is 1. The topological polar surface area (TPSA) is 55.1 Å². The number of anilines is 1. The fourth-order valence-electron chi connectivity index (χ4n) is 1.05. The van der Waals surface area contributed by atoms with Gasteiger partial charge >= 0.3 is 0 Å². The smallest absolute Gasteiger partial charge is 0.258 e. The van der Waals surface area contributed by atoms with Crippen LogP contribution in [0, 0.1) is 0 Å². The Hall–Kier alpha value is -1.62. The Morgan fingerprint density at radius 1 is 1.40 bits per heavy atom. The molecule has 15 heavy (non-hydrogen) atoms. The first-order valence-electron chi connectivity index (χ1n) is 4.21. The maximum atomic E-state index is 11.5. The van der Waals surface area contributed by atoms with Crippen LogP contribution in [0.15, 0.2) is 45.9 Å². The van der Waals surface area contributed by atoms with E-state index in [1.54, 1.807) is 24.4 Å². The molecule has 0 unspecified atom stereocenters. The van der Waals surface area contributed by atoms with Gasteiger partial charge in [-0.25, -0.2) is 4.98 Å². The van der Waals surface area contributed by atoms with E-state index in [1.807, 2.05) is 0 Å². The highest BCUT2D eigenvalue weighted by molar-refractivity contribution is 9.10. The van der Waals surface area contributed by atoms with Gasteiger partial charge < -0.3 is 9.73 Å². The van der Waals surface area contributed by atoms with Crippen LogP contribution >= 0.6 is 15.9 Å². The molecule has 0 aliphatic rings. The first kappa shape index (κ1) is 9.92. The lowest BCUT2D eigenvalue weighted by atomic mass is 10.3. The van der Waals surface area contributed by atoms with Gasteiger partial charge in [-0.05, 0) is 34.1 Å². The molecule has 0 bridgehead atoms. The van der Waals surface area contributed by atoms with Crippen LogP contribution in [-0.4, -0.2) is 10.9 Å². The molecule has 2 aromatic rings. The van der Waals surface area contributed by atoms with E-state index in [4.69, 9.17) is 4.42 Å². The minimum Gasteiger partial charge on any atom is -0.472 e. The zero-order valence-electron chi connectivity index (χ0n) is 7.61. The third kappa shape index (κ3) is 2.44. The van der Waals surface area contributed by atoms with Crippen molar-refractivity contribution in [2.45, 2.75) is 0 Å². The number of nitrogens with zero attached hydrogens (tertiary/aromatic N) is 1. The van der Waals surface area contributed by atoms with Gasteiger partial charge in [0.25, 0.3) is 5.91 Å². The van der Waals surface area contributed by atoms with Crippen LogP contribution in [0.5, 0.6) is 0 Å². The van der Waals surface area contributed by atoms with E-state index in [0.29, 0.717) is 11.3 Å². The summed E-state index contributed by atoms with van der Waals surface area (Å²) in [5.74, 6) is -0.215. The number of carbonyl (C=O) groups is 1. The summed E-state index contributed by atoms with van der Waals surface area (Å²) in [5.41, 5.74) is 1.13. The number of hydrogen-bond acceptors (Lipinski definition) is 3. The van der Waals surface area contributed by atoms with E-state index in [9.17, 15) is 4.79 Å². The molecule has 2 heterocycles. The molecule has 1 amide bonds. The van der Waals surface area contributed by atoms with Gasteiger partial charge in [0, 0.05) is 0 Å². The summed E-state index contributed by atoms with van der Waals surface area (Å²) in [6, 6.07) is 5.11. The SMILES string of the molecule is O=C(Nc1ccc(Br)nc1)c1ccoc1. The molecule has 0 saturated heterocycles. The lowest BCUT2D eigenvalue weighted by Crippen LogP contribution is -2.10. The lowest BCUT2D eigenvalue weighted by Gasteiger charge is -2.02. The summed E-state index contributed by atoms with van der Waals surface area (Å²) >= 11 is 3.21. The summed E-state index contributed by atoms with van der Waals surface area (Å²) in [7, 11) is 0. The molecule has 4 nitrogen and oxygen atoms in total. The minimum atomic E-state index is -0.215. The monoisotopic (exact) mass is 266 g/mol. The molecule has 0 saturated carbocycles. The van der Waals surface area contributed by atoms with Crippen molar-refractivity contribution < 1.29 is 9.21 Å². The van der Waals surface area contributed by atoms with Crippen LogP contribution in [0.1, 0.15) is 10.4 Å². The summed E-state index contributed by atoms with van der Waals surface area (Å²) in [4.78, 5) is 15.5. The molecular formula is C10H7BrN2O2. The second-order valence-corrected chi connectivity index (χ2v) is 3.65. The van der Waals surface area contributed by atoms with Crippen molar-refractivity contribution in [1.82, 2.24) is 4.98 Å². The zero-order chi connectivity index (χ0) is 10.7. The van der Waals surface area contributed by atoms with Gasteiger partial charge in [-0.15, -0.1) is 0 Å². The van der Waals surface area contributed by atoms with Crippen molar-refractivity contribution in [2.75, 3.05) is 5.32 Å². The van der Waals surface area contributed by atoms with Crippen molar-refractivity contribution in [3.8, 4) is 0 Å².